The number of carbonyl (C=O) groups excluding carboxylic acids is 1. The number of halogens is 3. The summed E-state index contributed by atoms with van der Waals surface area (Å²) in [7, 11) is 0. The Morgan fingerprint density at radius 3 is 2.47 bits per heavy atom. The van der Waals surface area contributed by atoms with Gasteiger partial charge in [0, 0.05) is 11.1 Å². The van der Waals surface area contributed by atoms with E-state index in [9.17, 15) is 13.6 Å². The lowest BCUT2D eigenvalue weighted by atomic mass is 10.00. The van der Waals surface area contributed by atoms with Crippen molar-refractivity contribution in [3.8, 4) is 0 Å². The molecule has 1 nitrogen and oxygen atoms in total. The minimum Gasteiger partial charge on any atom is -0.293 e. The molecular formula is C11H11BrF2O. The number of carbonyl (C=O) groups is 1. The van der Waals surface area contributed by atoms with E-state index in [-0.39, 0.29) is 16.9 Å². The molecule has 1 aromatic carbocycles. The number of alkyl halides is 3. The van der Waals surface area contributed by atoms with Crippen molar-refractivity contribution in [2.45, 2.75) is 25.1 Å². The van der Waals surface area contributed by atoms with Gasteiger partial charge in [-0.05, 0) is 19.9 Å². The van der Waals surface area contributed by atoms with E-state index in [4.69, 9.17) is 0 Å². The molecule has 1 aromatic rings. The molecule has 0 aliphatic heterocycles. The van der Waals surface area contributed by atoms with Crippen LogP contribution < -0.4 is 0 Å². The van der Waals surface area contributed by atoms with Crippen LogP contribution in [0.25, 0.3) is 0 Å². The van der Waals surface area contributed by atoms with Crippen molar-refractivity contribution in [1.82, 2.24) is 0 Å². The Kier molecular flexibility index (Phi) is 3.97. The molecule has 1 atom stereocenters. The van der Waals surface area contributed by atoms with Gasteiger partial charge in [-0.15, -0.1) is 0 Å². The van der Waals surface area contributed by atoms with E-state index >= 15 is 0 Å². The van der Waals surface area contributed by atoms with Crippen LogP contribution in [-0.2, 0) is 0 Å². The highest BCUT2D eigenvalue weighted by Gasteiger charge is 2.20. The van der Waals surface area contributed by atoms with E-state index in [0.29, 0.717) is 0 Å². The number of ketones is 1. The van der Waals surface area contributed by atoms with Crippen LogP contribution in [0.5, 0.6) is 0 Å². The Hall–Kier alpha value is -0.770. The smallest absolute Gasteiger partial charge is 0.264 e. The first-order valence-corrected chi connectivity index (χ1v) is 5.42. The summed E-state index contributed by atoms with van der Waals surface area (Å²) in [5.74, 6) is -0.311. The Bertz CT molecular complexity index is 375. The average Bonchev–Trinajstić information content (AvgIpc) is 2.15. The van der Waals surface area contributed by atoms with Crippen LogP contribution in [-0.4, -0.2) is 10.6 Å². The number of benzene rings is 1. The van der Waals surface area contributed by atoms with Gasteiger partial charge in [-0.1, -0.05) is 33.6 Å². The van der Waals surface area contributed by atoms with Gasteiger partial charge in [0.05, 0.1) is 4.83 Å². The third-order valence-corrected chi connectivity index (χ3v) is 2.49. The summed E-state index contributed by atoms with van der Waals surface area (Å²) in [6.07, 6.45) is -2.62. The Balaban J connectivity index is 3.24. The van der Waals surface area contributed by atoms with Crippen molar-refractivity contribution in [3.63, 3.8) is 0 Å². The largest absolute Gasteiger partial charge is 0.293 e. The van der Waals surface area contributed by atoms with Gasteiger partial charge in [0.25, 0.3) is 6.43 Å². The molecule has 15 heavy (non-hydrogen) atoms. The first kappa shape index (κ1) is 12.3. The summed E-state index contributed by atoms with van der Waals surface area (Å²) in [5, 5.41) is 0. The Morgan fingerprint density at radius 2 is 2.00 bits per heavy atom. The molecule has 0 aliphatic carbocycles. The third kappa shape index (κ3) is 2.84. The number of aryl methyl sites for hydroxylation is 1. The molecule has 0 saturated carbocycles. The maximum absolute atomic E-state index is 12.6. The number of rotatable bonds is 3. The maximum atomic E-state index is 12.6. The Morgan fingerprint density at radius 1 is 1.40 bits per heavy atom. The predicted molar refractivity (Wildman–Crippen MR) is 58.9 cm³/mol. The normalized spacial score (nSPS) is 12.9. The molecule has 0 radical (unpaired) electrons. The summed E-state index contributed by atoms with van der Waals surface area (Å²) in [6, 6.07) is 4.39. The summed E-state index contributed by atoms with van der Waals surface area (Å²) >= 11 is 3.09. The molecule has 0 bridgehead atoms. The van der Waals surface area contributed by atoms with Crippen LogP contribution in [0.3, 0.4) is 0 Å². The lowest BCUT2D eigenvalue weighted by Crippen LogP contribution is -2.13. The minimum atomic E-state index is -2.62. The summed E-state index contributed by atoms with van der Waals surface area (Å²) < 4.78 is 25.2. The fourth-order valence-electron chi connectivity index (χ4n) is 1.29. The lowest BCUT2D eigenvalue weighted by Gasteiger charge is -2.10. The molecule has 82 valence electrons. The van der Waals surface area contributed by atoms with Gasteiger partial charge in [0.2, 0.25) is 0 Å². The molecule has 4 heteroatoms. The molecule has 1 rings (SSSR count). The van der Waals surface area contributed by atoms with Crippen molar-refractivity contribution in [2.24, 2.45) is 0 Å². The zero-order valence-electron chi connectivity index (χ0n) is 8.43. The molecule has 0 fully saturated rings. The van der Waals surface area contributed by atoms with E-state index in [1.54, 1.807) is 19.9 Å². The fraction of sp³-hybridized carbons (Fsp3) is 0.364. The zero-order valence-corrected chi connectivity index (χ0v) is 10.0. The lowest BCUT2D eigenvalue weighted by molar-refractivity contribution is 0.0982. The van der Waals surface area contributed by atoms with Crippen LogP contribution in [0.4, 0.5) is 8.78 Å². The number of hydrogen-bond donors (Lipinski definition) is 0. The highest BCUT2D eigenvalue weighted by atomic mass is 79.9. The van der Waals surface area contributed by atoms with Crippen LogP contribution in [0, 0.1) is 6.92 Å². The number of hydrogen-bond acceptors (Lipinski definition) is 1. The van der Waals surface area contributed by atoms with Gasteiger partial charge in [-0.25, -0.2) is 8.78 Å². The highest BCUT2D eigenvalue weighted by Crippen LogP contribution is 2.25. The van der Waals surface area contributed by atoms with Gasteiger partial charge >= 0.3 is 0 Å². The topological polar surface area (TPSA) is 17.1 Å². The second-order valence-corrected chi connectivity index (χ2v) is 4.75. The summed E-state index contributed by atoms with van der Waals surface area (Å²) in [6.45, 7) is 3.39. The quantitative estimate of drug-likeness (QED) is 0.605. The van der Waals surface area contributed by atoms with E-state index in [0.717, 1.165) is 5.56 Å². The van der Waals surface area contributed by atoms with Crippen molar-refractivity contribution in [1.29, 1.82) is 0 Å². The monoisotopic (exact) mass is 276 g/mol. The van der Waals surface area contributed by atoms with Crippen LogP contribution in [0.15, 0.2) is 18.2 Å². The van der Waals surface area contributed by atoms with Crippen molar-refractivity contribution in [3.05, 3.63) is 34.9 Å². The third-order valence-electron chi connectivity index (χ3n) is 2.07. The zero-order chi connectivity index (χ0) is 11.6. The highest BCUT2D eigenvalue weighted by molar-refractivity contribution is 9.10. The van der Waals surface area contributed by atoms with Gasteiger partial charge in [-0.3, -0.25) is 4.79 Å². The van der Waals surface area contributed by atoms with E-state index in [1.165, 1.54) is 12.1 Å². The molecular weight excluding hydrogens is 266 g/mol. The SMILES string of the molecule is Cc1ccc(C(F)F)c(C(=O)C(C)Br)c1. The molecule has 0 spiro atoms. The van der Waals surface area contributed by atoms with Gasteiger partial charge in [0.15, 0.2) is 5.78 Å². The molecule has 0 aliphatic rings. The van der Waals surface area contributed by atoms with Crippen molar-refractivity contribution < 1.29 is 13.6 Å². The van der Waals surface area contributed by atoms with Crippen molar-refractivity contribution in [2.75, 3.05) is 0 Å². The van der Waals surface area contributed by atoms with Crippen LogP contribution in [0.1, 0.15) is 34.8 Å². The second kappa shape index (κ2) is 4.84. The van der Waals surface area contributed by atoms with E-state index in [2.05, 4.69) is 15.9 Å². The average molecular weight is 277 g/mol. The molecule has 1 unspecified atom stereocenters. The summed E-state index contributed by atoms with van der Waals surface area (Å²) in [5.41, 5.74) is 0.710. The molecule has 0 amide bonds. The molecule has 0 aromatic heterocycles. The van der Waals surface area contributed by atoms with Crippen LogP contribution in [0.2, 0.25) is 0 Å². The minimum absolute atomic E-state index is 0.106. The molecule has 0 heterocycles. The summed E-state index contributed by atoms with van der Waals surface area (Å²) in [4.78, 5) is 11.2. The predicted octanol–water partition coefficient (Wildman–Crippen LogP) is 3.90. The first-order chi connectivity index (χ1) is 6.93. The standard InChI is InChI=1S/C11H11BrF2O/c1-6-3-4-8(11(13)14)9(5-6)10(15)7(2)12/h3-5,7,11H,1-2H3. The van der Waals surface area contributed by atoms with Crippen LogP contribution >= 0.6 is 15.9 Å². The molecule has 0 N–H and O–H groups in total. The van der Waals surface area contributed by atoms with Gasteiger partial charge in [-0.2, -0.15) is 0 Å². The van der Waals surface area contributed by atoms with E-state index < -0.39 is 11.3 Å². The van der Waals surface area contributed by atoms with Gasteiger partial charge in [0.1, 0.15) is 0 Å². The Labute approximate surface area is 95.6 Å². The molecule has 0 saturated heterocycles. The second-order valence-electron chi connectivity index (χ2n) is 3.37. The number of Topliss-reactive ketones (excluding diaryl/α,β-unsaturated/α-hetero) is 1. The first-order valence-electron chi connectivity index (χ1n) is 4.50. The van der Waals surface area contributed by atoms with Crippen molar-refractivity contribution >= 4 is 21.7 Å². The fourth-order valence-corrected chi connectivity index (χ4v) is 1.53. The van der Waals surface area contributed by atoms with Gasteiger partial charge < -0.3 is 0 Å². The maximum Gasteiger partial charge on any atom is 0.264 e. The van der Waals surface area contributed by atoms with E-state index in [1.807, 2.05) is 0 Å².